The van der Waals surface area contributed by atoms with Gasteiger partial charge >= 0.3 is 5.97 Å². The lowest BCUT2D eigenvalue weighted by Gasteiger charge is -2.05. The van der Waals surface area contributed by atoms with Crippen LogP contribution in [0.15, 0.2) is 11.6 Å². The van der Waals surface area contributed by atoms with E-state index in [4.69, 9.17) is 9.47 Å². The Hall–Kier alpha value is -1.80. The fourth-order valence-corrected chi connectivity index (χ4v) is 2.22. The molecule has 0 saturated carbocycles. The molecule has 0 aliphatic rings. The highest BCUT2D eigenvalue weighted by atomic mass is 32.1. The predicted molar refractivity (Wildman–Crippen MR) is 68.2 cm³/mol. The molecule has 2 aromatic heterocycles. The summed E-state index contributed by atoms with van der Waals surface area (Å²) in [5.41, 5.74) is 0.931. The van der Waals surface area contributed by atoms with Crippen molar-refractivity contribution in [2.75, 3.05) is 20.8 Å². The molecule has 0 amide bonds. The fourth-order valence-electron chi connectivity index (χ4n) is 1.62. The first-order chi connectivity index (χ1) is 9.26. The lowest BCUT2D eigenvalue weighted by molar-refractivity contribution is 0.0592. The summed E-state index contributed by atoms with van der Waals surface area (Å²) in [4.78, 5) is 15.8. The molecule has 8 heteroatoms. The molecule has 0 bridgehead atoms. The van der Waals surface area contributed by atoms with E-state index in [1.165, 1.54) is 18.4 Å². The average molecular weight is 282 g/mol. The van der Waals surface area contributed by atoms with Crippen molar-refractivity contribution in [3.05, 3.63) is 28.0 Å². The van der Waals surface area contributed by atoms with E-state index in [1.807, 2.05) is 5.38 Å². The van der Waals surface area contributed by atoms with E-state index in [-0.39, 0.29) is 5.69 Å². The number of esters is 1. The molecule has 2 rings (SSSR count). The zero-order valence-corrected chi connectivity index (χ0v) is 11.5. The number of hydrogen-bond donors (Lipinski definition) is 0. The van der Waals surface area contributed by atoms with E-state index in [0.717, 1.165) is 5.01 Å². The van der Waals surface area contributed by atoms with Gasteiger partial charge < -0.3 is 9.47 Å². The largest absolute Gasteiger partial charge is 0.464 e. The van der Waals surface area contributed by atoms with Gasteiger partial charge in [-0.15, -0.1) is 16.4 Å². The summed E-state index contributed by atoms with van der Waals surface area (Å²) in [5, 5.41) is 10.7. The topological polar surface area (TPSA) is 79.1 Å². The summed E-state index contributed by atoms with van der Waals surface area (Å²) in [5.74, 6) is -0.489. The predicted octanol–water partition coefficient (Wildman–Crippen LogP) is 0.758. The molecule has 7 nitrogen and oxygen atoms in total. The molecule has 2 heterocycles. The summed E-state index contributed by atoms with van der Waals surface area (Å²) >= 11 is 1.53. The highest BCUT2D eigenvalue weighted by molar-refractivity contribution is 7.09. The second-order valence-electron chi connectivity index (χ2n) is 3.70. The van der Waals surface area contributed by atoms with Gasteiger partial charge in [0.25, 0.3) is 0 Å². The van der Waals surface area contributed by atoms with Gasteiger partial charge in [-0.3, -0.25) is 0 Å². The van der Waals surface area contributed by atoms with Gasteiger partial charge in [0.2, 0.25) is 0 Å². The van der Waals surface area contributed by atoms with Crippen LogP contribution in [0.1, 0.15) is 21.2 Å². The van der Waals surface area contributed by atoms with Gasteiger partial charge in [0.15, 0.2) is 5.69 Å². The van der Waals surface area contributed by atoms with Crippen LogP contribution >= 0.6 is 11.3 Å². The molecule has 0 aromatic carbocycles. The number of carbonyl (C=O) groups excluding carboxylic acids is 1. The average Bonchev–Trinajstić information content (AvgIpc) is 3.06. The van der Waals surface area contributed by atoms with Crippen LogP contribution in [0, 0.1) is 0 Å². The molecular weight excluding hydrogens is 268 g/mol. The smallest absolute Gasteiger partial charge is 0.360 e. The van der Waals surface area contributed by atoms with E-state index in [0.29, 0.717) is 25.3 Å². The van der Waals surface area contributed by atoms with Crippen LogP contribution in [-0.2, 0) is 22.4 Å². The minimum atomic E-state index is -0.489. The normalized spacial score (nSPS) is 10.6. The molecule has 102 valence electrons. The zero-order valence-electron chi connectivity index (χ0n) is 10.7. The number of nitrogens with zero attached hydrogens (tertiary/aromatic N) is 4. The molecule has 0 saturated heterocycles. The molecule has 0 spiro atoms. The molecule has 0 aliphatic carbocycles. The maximum absolute atomic E-state index is 11.6. The minimum absolute atomic E-state index is 0.233. The first-order valence-electron chi connectivity index (χ1n) is 5.64. The number of methoxy groups -OCH3 is 2. The van der Waals surface area contributed by atoms with Crippen LogP contribution < -0.4 is 0 Å². The molecule has 2 aromatic rings. The number of hydrogen-bond acceptors (Lipinski definition) is 7. The molecule has 0 fully saturated rings. The van der Waals surface area contributed by atoms with Crippen LogP contribution in [0.2, 0.25) is 0 Å². The summed E-state index contributed by atoms with van der Waals surface area (Å²) in [6.45, 7) is 0.968. The van der Waals surface area contributed by atoms with Crippen molar-refractivity contribution >= 4 is 17.3 Å². The van der Waals surface area contributed by atoms with Crippen molar-refractivity contribution in [1.82, 2.24) is 20.0 Å². The Bertz CT molecular complexity index is 538. The van der Waals surface area contributed by atoms with Crippen LogP contribution in [0.4, 0.5) is 0 Å². The molecule has 0 radical (unpaired) electrons. The number of thiazole rings is 1. The second kappa shape index (κ2) is 6.39. The molecule has 0 N–H and O–H groups in total. The number of ether oxygens (including phenoxy) is 2. The first kappa shape index (κ1) is 13.6. The maximum Gasteiger partial charge on any atom is 0.360 e. The van der Waals surface area contributed by atoms with Crippen LogP contribution in [0.3, 0.4) is 0 Å². The molecular formula is C11H14N4O3S. The second-order valence-corrected chi connectivity index (χ2v) is 4.68. The lowest BCUT2D eigenvalue weighted by atomic mass is 10.2. The Kier molecular flexibility index (Phi) is 4.58. The van der Waals surface area contributed by atoms with Crippen molar-refractivity contribution in [3.8, 4) is 0 Å². The number of carbonyl (C=O) groups is 1. The van der Waals surface area contributed by atoms with Crippen molar-refractivity contribution in [2.24, 2.45) is 0 Å². The highest BCUT2D eigenvalue weighted by Gasteiger charge is 2.20. The number of rotatable bonds is 6. The van der Waals surface area contributed by atoms with Crippen molar-refractivity contribution in [2.45, 2.75) is 13.0 Å². The Morgan fingerprint density at radius 1 is 1.47 bits per heavy atom. The highest BCUT2D eigenvalue weighted by Crippen LogP contribution is 2.12. The van der Waals surface area contributed by atoms with Gasteiger partial charge in [0, 0.05) is 25.1 Å². The Morgan fingerprint density at radius 2 is 2.32 bits per heavy atom. The standard InChI is InChI=1S/C11H14N4O3S/c1-17-5-3-8-10(11(16)18-2)13-14-15(8)7-9-12-4-6-19-9/h4,6H,3,5,7H2,1-2H3. The summed E-state index contributed by atoms with van der Waals surface area (Å²) < 4.78 is 11.4. The van der Waals surface area contributed by atoms with Crippen molar-refractivity contribution < 1.29 is 14.3 Å². The monoisotopic (exact) mass is 282 g/mol. The van der Waals surface area contributed by atoms with Crippen LogP contribution in [0.5, 0.6) is 0 Å². The van der Waals surface area contributed by atoms with Gasteiger partial charge in [-0.25, -0.2) is 14.5 Å². The number of aromatic nitrogens is 4. The Labute approximate surface area is 114 Å². The molecule has 0 unspecified atom stereocenters. The third kappa shape index (κ3) is 3.15. The van der Waals surface area contributed by atoms with Crippen molar-refractivity contribution in [3.63, 3.8) is 0 Å². The van der Waals surface area contributed by atoms with Crippen LogP contribution in [0.25, 0.3) is 0 Å². The Balaban J connectivity index is 2.26. The van der Waals surface area contributed by atoms with E-state index in [2.05, 4.69) is 15.3 Å². The third-order valence-electron chi connectivity index (χ3n) is 2.53. The third-order valence-corrected chi connectivity index (χ3v) is 3.29. The van der Waals surface area contributed by atoms with Crippen LogP contribution in [-0.4, -0.2) is 46.8 Å². The van der Waals surface area contributed by atoms with E-state index in [1.54, 1.807) is 18.0 Å². The van der Waals surface area contributed by atoms with E-state index in [9.17, 15) is 4.79 Å². The molecule has 0 aliphatic heterocycles. The minimum Gasteiger partial charge on any atom is -0.464 e. The van der Waals surface area contributed by atoms with Gasteiger partial charge in [-0.05, 0) is 0 Å². The lowest BCUT2D eigenvalue weighted by Crippen LogP contribution is -2.12. The van der Waals surface area contributed by atoms with Gasteiger partial charge in [-0.2, -0.15) is 0 Å². The van der Waals surface area contributed by atoms with E-state index >= 15 is 0 Å². The summed E-state index contributed by atoms with van der Waals surface area (Å²) in [7, 11) is 2.93. The SMILES string of the molecule is COCCc1c(C(=O)OC)nnn1Cc1nccs1. The fraction of sp³-hybridized carbons (Fsp3) is 0.455. The maximum atomic E-state index is 11.6. The van der Waals surface area contributed by atoms with Crippen molar-refractivity contribution in [1.29, 1.82) is 0 Å². The van der Waals surface area contributed by atoms with Gasteiger partial charge in [0.1, 0.15) is 5.01 Å². The molecule has 0 atom stereocenters. The van der Waals surface area contributed by atoms with E-state index < -0.39 is 5.97 Å². The Morgan fingerprint density at radius 3 is 2.95 bits per heavy atom. The zero-order chi connectivity index (χ0) is 13.7. The summed E-state index contributed by atoms with van der Waals surface area (Å²) in [6, 6.07) is 0. The van der Waals surface area contributed by atoms with Gasteiger partial charge in [-0.1, -0.05) is 5.21 Å². The van der Waals surface area contributed by atoms with Gasteiger partial charge in [0.05, 0.1) is 26.0 Å². The molecule has 19 heavy (non-hydrogen) atoms. The quantitative estimate of drug-likeness (QED) is 0.728. The first-order valence-corrected chi connectivity index (χ1v) is 6.52. The summed E-state index contributed by atoms with van der Waals surface area (Å²) in [6.07, 6.45) is 2.27.